The fraction of sp³-hybridized carbons (Fsp3) is 0.500. The van der Waals surface area contributed by atoms with Crippen molar-refractivity contribution in [1.29, 1.82) is 0 Å². The zero-order valence-corrected chi connectivity index (χ0v) is 10.4. The van der Waals surface area contributed by atoms with Crippen molar-refractivity contribution in [1.82, 2.24) is 5.32 Å². The molecule has 0 bridgehead atoms. The molecule has 0 heterocycles. The van der Waals surface area contributed by atoms with Crippen molar-refractivity contribution in [2.24, 2.45) is 0 Å². The van der Waals surface area contributed by atoms with E-state index in [1.165, 1.54) is 0 Å². The average molecular weight is 221 g/mol. The van der Waals surface area contributed by atoms with Gasteiger partial charge in [0.1, 0.15) is 0 Å². The van der Waals surface area contributed by atoms with Crippen LogP contribution < -0.4 is 5.32 Å². The molecule has 0 saturated heterocycles. The average Bonchev–Trinajstić information content (AvgIpc) is 2.30. The Kier molecular flexibility index (Phi) is 10.8. The summed E-state index contributed by atoms with van der Waals surface area (Å²) in [6, 6.07) is 0. The number of nitrogens with one attached hydrogen (secondary N) is 1. The number of amides is 1. The molecule has 0 aromatic rings. The Labute approximate surface area is 99.1 Å². The first-order valence-electron chi connectivity index (χ1n) is 6.03. The summed E-state index contributed by atoms with van der Waals surface area (Å²) in [5, 5.41) is 2.80. The van der Waals surface area contributed by atoms with Crippen LogP contribution in [0, 0.1) is 0 Å². The molecule has 0 radical (unpaired) electrons. The first-order valence-corrected chi connectivity index (χ1v) is 6.03. The Hall–Kier alpha value is -1.31. The monoisotopic (exact) mass is 221 g/mol. The first kappa shape index (κ1) is 14.7. The SMILES string of the molecule is CC=CC=CCCCC=CC(=O)NCCC. The summed E-state index contributed by atoms with van der Waals surface area (Å²) in [6.07, 6.45) is 15.9. The molecule has 0 saturated carbocycles. The van der Waals surface area contributed by atoms with Gasteiger partial charge in [0.25, 0.3) is 0 Å². The van der Waals surface area contributed by atoms with Crippen LogP contribution in [0.15, 0.2) is 36.5 Å². The summed E-state index contributed by atoms with van der Waals surface area (Å²) in [5.74, 6) is 0.0197. The zero-order valence-electron chi connectivity index (χ0n) is 10.4. The largest absolute Gasteiger partial charge is 0.353 e. The maximum Gasteiger partial charge on any atom is 0.243 e. The van der Waals surface area contributed by atoms with Crippen molar-refractivity contribution in [3.63, 3.8) is 0 Å². The van der Waals surface area contributed by atoms with Crippen LogP contribution in [-0.2, 0) is 4.79 Å². The van der Waals surface area contributed by atoms with Gasteiger partial charge in [-0.3, -0.25) is 4.79 Å². The van der Waals surface area contributed by atoms with Crippen LogP contribution in [-0.4, -0.2) is 12.5 Å². The van der Waals surface area contributed by atoms with Gasteiger partial charge in [0.05, 0.1) is 0 Å². The molecule has 0 spiro atoms. The van der Waals surface area contributed by atoms with Crippen molar-refractivity contribution in [3.8, 4) is 0 Å². The van der Waals surface area contributed by atoms with Crippen LogP contribution in [0.2, 0.25) is 0 Å². The van der Waals surface area contributed by atoms with E-state index in [4.69, 9.17) is 0 Å². The first-order chi connectivity index (χ1) is 7.81. The third-order valence-electron chi connectivity index (χ3n) is 2.00. The standard InChI is InChI=1S/C14H23NO/c1-3-5-6-7-8-9-10-11-12-14(16)15-13-4-2/h3,5-7,11-12H,4,8-10,13H2,1-2H3,(H,15,16). The van der Waals surface area contributed by atoms with Gasteiger partial charge in [-0.2, -0.15) is 0 Å². The Morgan fingerprint density at radius 3 is 2.62 bits per heavy atom. The normalized spacial score (nSPS) is 11.9. The lowest BCUT2D eigenvalue weighted by molar-refractivity contribution is -0.116. The van der Waals surface area contributed by atoms with E-state index in [1.807, 2.05) is 32.1 Å². The zero-order chi connectivity index (χ0) is 12.1. The molecular weight excluding hydrogens is 198 g/mol. The van der Waals surface area contributed by atoms with Crippen molar-refractivity contribution >= 4 is 5.91 Å². The van der Waals surface area contributed by atoms with Crippen molar-refractivity contribution in [2.75, 3.05) is 6.54 Å². The third kappa shape index (κ3) is 10.8. The van der Waals surface area contributed by atoms with E-state index in [1.54, 1.807) is 6.08 Å². The molecule has 16 heavy (non-hydrogen) atoms. The van der Waals surface area contributed by atoms with Gasteiger partial charge in [0.15, 0.2) is 0 Å². The molecule has 0 unspecified atom stereocenters. The smallest absolute Gasteiger partial charge is 0.243 e. The molecule has 0 aromatic carbocycles. The van der Waals surface area contributed by atoms with Gasteiger partial charge >= 0.3 is 0 Å². The molecule has 0 atom stereocenters. The second-order valence-corrected chi connectivity index (χ2v) is 3.58. The van der Waals surface area contributed by atoms with E-state index in [9.17, 15) is 4.79 Å². The molecule has 0 aromatic heterocycles. The van der Waals surface area contributed by atoms with Gasteiger partial charge in [-0.15, -0.1) is 0 Å². The summed E-state index contributed by atoms with van der Waals surface area (Å²) >= 11 is 0. The highest BCUT2D eigenvalue weighted by Crippen LogP contribution is 1.98. The Balaban J connectivity index is 3.43. The van der Waals surface area contributed by atoms with Gasteiger partial charge < -0.3 is 5.32 Å². The van der Waals surface area contributed by atoms with E-state index in [0.717, 1.165) is 32.2 Å². The van der Waals surface area contributed by atoms with Gasteiger partial charge in [0.2, 0.25) is 5.91 Å². The topological polar surface area (TPSA) is 29.1 Å². The molecule has 0 aliphatic rings. The molecule has 1 N–H and O–H groups in total. The molecule has 1 amide bonds. The lowest BCUT2D eigenvalue weighted by atomic mass is 10.2. The second kappa shape index (κ2) is 11.8. The van der Waals surface area contributed by atoms with Crippen molar-refractivity contribution < 1.29 is 4.79 Å². The summed E-state index contributed by atoms with van der Waals surface area (Å²) < 4.78 is 0. The quantitative estimate of drug-likeness (QED) is 0.380. The number of rotatable bonds is 8. The maximum atomic E-state index is 11.2. The van der Waals surface area contributed by atoms with Gasteiger partial charge in [-0.05, 0) is 38.7 Å². The number of unbranched alkanes of at least 4 members (excludes halogenated alkanes) is 2. The number of hydrogen-bond donors (Lipinski definition) is 1. The molecule has 0 rings (SSSR count). The van der Waals surface area contributed by atoms with Gasteiger partial charge in [-0.1, -0.05) is 37.3 Å². The number of allylic oxidation sites excluding steroid dienone is 5. The van der Waals surface area contributed by atoms with Gasteiger partial charge in [-0.25, -0.2) is 0 Å². The summed E-state index contributed by atoms with van der Waals surface area (Å²) in [4.78, 5) is 11.2. The minimum atomic E-state index is 0.0197. The molecule has 90 valence electrons. The molecular formula is C14H23NO. The highest BCUT2D eigenvalue weighted by atomic mass is 16.1. The van der Waals surface area contributed by atoms with Crippen molar-refractivity contribution in [2.45, 2.75) is 39.5 Å². The molecule has 0 fully saturated rings. The molecule has 0 aliphatic heterocycles. The van der Waals surface area contributed by atoms with Crippen LogP contribution >= 0.6 is 0 Å². The molecule has 2 nitrogen and oxygen atoms in total. The highest BCUT2D eigenvalue weighted by molar-refractivity contribution is 5.87. The summed E-state index contributed by atoms with van der Waals surface area (Å²) in [7, 11) is 0. The van der Waals surface area contributed by atoms with Crippen LogP contribution in [0.5, 0.6) is 0 Å². The van der Waals surface area contributed by atoms with E-state index in [2.05, 4.69) is 17.5 Å². The number of carbonyl (C=O) groups excluding carboxylic acids is 1. The Morgan fingerprint density at radius 1 is 1.19 bits per heavy atom. The minimum absolute atomic E-state index is 0.0197. The molecule has 0 aliphatic carbocycles. The van der Waals surface area contributed by atoms with E-state index in [0.29, 0.717) is 0 Å². The third-order valence-corrected chi connectivity index (χ3v) is 2.00. The highest BCUT2D eigenvalue weighted by Gasteiger charge is 1.90. The van der Waals surface area contributed by atoms with E-state index in [-0.39, 0.29) is 5.91 Å². The van der Waals surface area contributed by atoms with Crippen LogP contribution in [0.4, 0.5) is 0 Å². The predicted octanol–water partition coefficient (Wildman–Crippen LogP) is 3.37. The maximum absolute atomic E-state index is 11.2. The van der Waals surface area contributed by atoms with Crippen LogP contribution in [0.1, 0.15) is 39.5 Å². The lowest BCUT2D eigenvalue weighted by Crippen LogP contribution is -2.21. The minimum Gasteiger partial charge on any atom is -0.353 e. The molecule has 2 heteroatoms. The van der Waals surface area contributed by atoms with Crippen LogP contribution in [0.3, 0.4) is 0 Å². The van der Waals surface area contributed by atoms with Gasteiger partial charge in [0, 0.05) is 6.54 Å². The number of hydrogen-bond acceptors (Lipinski definition) is 1. The number of carbonyl (C=O) groups is 1. The summed E-state index contributed by atoms with van der Waals surface area (Å²) in [6.45, 7) is 4.80. The second-order valence-electron chi connectivity index (χ2n) is 3.58. The summed E-state index contributed by atoms with van der Waals surface area (Å²) in [5.41, 5.74) is 0. The Bertz CT molecular complexity index is 251. The van der Waals surface area contributed by atoms with E-state index >= 15 is 0 Å². The lowest BCUT2D eigenvalue weighted by Gasteiger charge is -1.96. The fourth-order valence-electron chi connectivity index (χ4n) is 1.14. The van der Waals surface area contributed by atoms with Crippen LogP contribution in [0.25, 0.3) is 0 Å². The fourth-order valence-corrected chi connectivity index (χ4v) is 1.14. The van der Waals surface area contributed by atoms with E-state index < -0.39 is 0 Å². The van der Waals surface area contributed by atoms with Crippen molar-refractivity contribution in [3.05, 3.63) is 36.5 Å². The predicted molar refractivity (Wildman–Crippen MR) is 70.2 cm³/mol. The Morgan fingerprint density at radius 2 is 1.94 bits per heavy atom.